The largest absolute Gasteiger partial charge is 0.352 e. The average Bonchev–Trinajstić information content (AvgIpc) is 2.80. The van der Waals surface area contributed by atoms with Gasteiger partial charge in [0.25, 0.3) is 0 Å². The molecule has 1 heterocycles. The van der Waals surface area contributed by atoms with Crippen molar-refractivity contribution < 1.29 is 18.4 Å². The molecule has 0 aliphatic carbocycles. The lowest BCUT2D eigenvalue weighted by Gasteiger charge is -2.39. The van der Waals surface area contributed by atoms with Crippen LogP contribution in [-0.4, -0.2) is 29.9 Å². The van der Waals surface area contributed by atoms with Crippen LogP contribution in [0, 0.1) is 24.5 Å². The molecule has 5 nitrogen and oxygen atoms in total. The van der Waals surface area contributed by atoms with E-state index in [2.05, 4.69) is 10.6 Å². The Labute approximate surface area is 188 Å². The number of nitrogens with one attached hydrogen (secondary N) is 2. The van der Waals surface area contributed by atoms with Crippen LogP contribution in [-0.2, 0) is 11.3 Å². The molecule has 2 aromatic rings. The second kappa shape index (κ2) is 11.1. The van der Waals surface area contributed by atoms with Gasteiger partial charge in [0.05, 0.1) is 12.0 Å². The predicted molar refractivity (Wildman–Crippen MR) is 120 cm³/mol. The van der Waals surface area contributed by atoms with E-state index in [1.165, 1.54) is 12.1 Å². The fourth-order valence-electron chi connectivity index (χ4n) is 4.07. The van der Waals surface area contributed by atoms with Crippen LogP contribution in [0.4, 0.5) is 13.6 Å². The molecular formula is C25H31F2N3O2. The van der Waals surface area contributed by atoms with Gasteiger partial charge in [0.15, 0.2) is 0 Å². The number of hydrogen-bond donors (Lipinski definition) is 2. The Hall–Kier alpha value is -2.96. The molecule has 0 radical (unpaired) electrons. The number of nitrogens with zero attached hydrogens (tertiary/aromatic N) is 1. The summed E-state index contributed by atoms with van der Waals surface area (Å²) in [6.07, 6.45) is 3.00. The van der Waals surface area contributed by atoms with Crippen molar-refractivity contribution in [2.45, 2.75) is 52.1 Å². The lowest BCUT2D eigenvalue weighted by atomic mass is 9.88. The molecule has 1 aliphatic heterocycles. The van der Waals surface area contributed by atoms with Gasteiger partial charge in [-0.15, -0.1) is 0 Å². The smallest absolute Gasteiger partial charge is 0.317 e. The highest BCUT2D eigenvalue weighted by atomic mass is 19.1. The molecule has 2 N–H and O–H groups in total. The molecule has 172 valence electrons. The van der Waals surface area contributed by atoms with Gasteiger partial charge in [-0.3, -0.25) is 4.79 Å². The van der Waals surface area contributed by atoms with Crippen LogP contribution in [0.1, 0.15) is 55.3 Å². The molecule has 32 heavy (non-hydrogen) atoms. The van der Waals surface area contributed by atoms with Gasteiger partial charge < -0.3 is 15.5 Å². The normalized spacial score (nSPS) is 18.3. The highest BCUT2D eigenvalue weighted by Crippen LogP contribution is 2.34. The van der Waals surface area contributed by atoms with E-state index in [-0.39, 0.29) is 42.7 Å². The van der Waals surface area contributed by atoms with E-state index in [0.29, 0.717) is 30.5 Å². The Morgan fingerprint density at radius 1 is 1.06 bits per heavy atom. The Kier molecular flexibility index (Phi) is 8.20. The van der Waals surface area contributed by atoms with Gasteiger partial charge in [-0.25, -0.2) is 13.6 Å². The van der Waals surface area contributed by atoms with Crippen molar-refractivity contribution in [3.63, 3.8) is 0 Å². The van der Waals surface area contributed by atoms with E-state index >= 15 is 0 Å². The van der Waals surface area contributed by atoms with E-state index in [1.54, 1.807) is 42.2 Å². The van der Waals surface area contributed by atoms with E-state index in [0.717, 1.165) is 18.4 Å². The van der Waals surface area contributed by atoms with Crippen LogP contribution in [0.5, 0.6) is 0 Å². The van der Waals surface area contributed by atoms with Crippen molar-refractivity contribution in [2.75, 3.05) is 13.1 Å². The Bertz CT molecular complexity index is 951. The number of carbonyl (C=O) groups excluding carboxylic acids is 2. The fraction of sp³-hybridized carbons (Fsp3) is 0.440. The minimum atomic E-state index is -0.392. The highest BCUT2D eigenvalue weighted by Gasteiger charge is 2.35. The summed E-state index contributed by atoms with van der Waals surface area (Å²) in [5, 5.41) is 5.74. The number of amides is 3. The number of likely N-dealkylation sites (tertiary alicyclic amines) is 1. The number of benzene rings is 2. The summed E-state index contributed by atoms with van der Waals surface area (Å²) in [5.74, 6) is -1.24. The van der Waals surface area contributed by atoms with Crippen LogP contribution < -0.4 is 10.6 Å². The molecule has 0 unspecified atom stereocenters. The van der Waals surface area contributed by atoms with Crippen molar-refractivity contribution >= 4 is 11.9 Å². The summed E-state index contributed by atoms with van der Waals surface area (Å²) in [4.78, 5) is 27.5. The monoisotopic (exact) mass is 443 g/mol. The van der Waals surface area contributed by atoms with Gasteiger partial charge in [0.2, 0.25) is 5.91 Å². The van der Waals surface area contributed by atoms with Crippen molar-refractivity contribution in [1.29, 1.82) is 0 Å². The van der Waals surface area contributed by atoms with Crippen LogP contribution in [0.25, 0.3) is 0 Å². The maximum Gasteiger partial charge on any atom is 0.317 e. The molecule has 0 saturated carbocycles. The van der Waals surface area contributed by atoms with Crippen LogP contribution in [0.3, 0.4) is 0 Å². The Morgan fingerprint density at radius 2 is 1.84 bits per heavy atom. The standard InChI is InChI=1S/C25H31F2N3O2/c1-3-4-13-28-25(32)30-16-20(24(31)29-15-19-7-5-6-8-22(19)27)10-12-23(30)18-9-11-21(26)17(2)14-18/h5-9,11,14,20,23H,3-4,10,12-13,15-16H2,1-2H3,(H,28,32)(H,29,31)/t20-,23+/m1/s1. The number of halogens is 2. The average molecular weight is 444 g/mol. The summed E-state index contributed by atoms with van der Waals surface area (Å²) < 4.78 is 27.6. The second-order valence-corrected chi connectivity index (χ2v) is 8.35. The molecule has 0 spiro atoms. The van der Waals surface area contributed by atoms with E-state index < -0.39 is 5.92 Å². The molecule has 2 aromatic carbocycles. The molecule has 1 saturated heterocycles. The maximum atomic E-state index is 13.9. The third-order valence-electron chi connectivity index (χ3n) is 6.00. The molecule has 7 heteroatoms. The topological polar surface area (TPSA) is 61.4 Å². The number of aryl methyl sites for hydroxylation is 1. The summed E-state index contributed by atoms with van der Waals surface area (Å²) in [6, 6.07) is 10.8. The quantitative estimate of drug-likeness (QED) is 0.601. The van der Waals surface area contributed by atoms with Crippen molar-refractivity contribution in [3.8, 4) is 0 Å². The molecule has 1 fully saturated rings. The summed E-state index contributed by atoms with van der Waals surface area (Å²) in [5.41, 5.74) is 1.81. The Balaban J connectivity index is 1.72. The molecule has 3 amide bonds. The molecule has 0 aromatic heterocycles. The van der Waals surface area contributed by atoms with Gasteiger partial charge in [-0.1, -0.05) is 43.7 Å². The number of urea groups is 1. The fourth-order valence-corrected chi connectivity index (χ4v) is 4.07. The number of unbranched alkanes of at least 4 members (excludes halogenated alkanes) is 1. The highest BCUT2D eigenvalue weighted by molar-refractivity contribution is 5.81. The number of piperidine rings is 1. The first-order chi connectivity index (χ1) is 15.4. The predicted octanol–water partition coefficient (Wildman–Crippen LogP) is 4.85. The van der Waals surface area contributed by atoms with Crippen LogP contribution in [0.2, 0.25) is 0 Å². The molecular weight excluding hydrogens is 412 g/mol. The van der Waals surface area contributed by atoms with E-state index in [1.807, 2.05) is 6.92 Å². The molecule has 1 aliphatic rings. The zero-order valence-corrected chi connectivity index (χ0v) is 18.7. The second-order valence-electron chi connectivity index (χ2n) is 8.35. The minimum Gasteiger partial charge on any atom is -0.352 e. The molecule has 2 atom stereocenters. The number of rotatable bonds is 7. The first kappa shape index (κ1) is 23.7. The molecule has 3 rings (SSSR count). The van der Waals surface area contributed by atoms with Gasteiger partial charge >= 0.3 is 6.03 Å². The maximum absolute atomic E-state index is 13.9. The van der Waals surface area contributed by atoms with E-state index in [9.17, 15) is 18.4 Å². The summed E-state index contributed by atoms with van der Waals surface area (Å²) in [6.45, 7) is 4.66. The van der Waals surface area contributed by atoms with Gasteiger partial charge in [0.1, 0.15) is 11.6 Å². The van der Waals surface area contributed by atoms with Gasteiger partial charge in [-0.05, 0) is 49.4 Å². The summed E-state index contributed by atoms with van der Waals surface area (Å²) in [7, 11) is 0. The SMILES string of the molecule is CCCCNC(=O)N1C[C@H](C(=O)NCc2ccccc2F)CC[C@H]1c1ccc(F)c(C)c1. The Morgan fingerprint density at radius 3 is 2.56 bits per heavy atom. The molecule has 0 bridgehead atoms. The number of hydrogen-bond acceptors (Lipinski definition) is 2. The lowest BCUT2D eigenvalue weighted by molar-refractivity contribution is -0.127. The van der Waals surface area contributed by atoms with Crippen LogP contribution in [0.15, 0.2) is 42.5 Å². The van der Waals surface area contributed by atoms with Crippen LogP contribution >= 0.6 is 0 Å². The first-order valence-electron chi connectivity index (χ1n) is 11.2. The zero-order valence-electron chi connectivity index (χ0n) is 18.7. The lowest BCUT2D eigenvalue weighted by Crippen LogP contribution is -2.50. The third-order valence-corrected chi connectivity index (χ3v) is 6.00. The first-order valence-corrected chi connectivity index (χ1v) is 11.2. The van der Waals surface area contributed by atoms with Gasteiger partial charge in [-0.2, -0.15) is 0 Å². The van der Waals surface area contributed by atoms with Crippen molar-refractivity contribution in [3.05, 3.63) is 70.8 Å². The van der Waals surface area contributed by atoms with E-state index in [4.69, 9.17) is 0 Å². The van der Waals surface area contributed by atoms with Gasteiger partial charge in [0, 0.05) is 25.2 Å². The minimum absolute atomic E-state index is 0.102. The zero-order chi connectivity index (χ0) is 23.1. The third kappa shape index (κ3) is 5.84. The van der Waals surface area contributed by atoms with Crippen molar-refractivity contribution in [2.24, 2.45) is 5.92 Å². The van der Waals surface area contributed by atoms with Crippen molar-refractivity contribution in [1.82, 2.24) is 15.5 Å². The number of carbonyl (C=O) groups is 2. The summed E-state index contributed by atoms with van der Waals surface area (Å²) >= 11 is 0.